The van der Waals surface area contributed by atoms with Gasteiger partial charge < -0.3 is 9.72 Å². The highest BCUT2D eigenvalue weighted by Crippen LogP contribution is 2.11. The van der Waals surface area contributed by atoms with Crippen LogP contribution in [0.25, 0.3) is 11.0 Å². The number of aromatic nitrogens is 2. The highest BCUT2D eigenvalue weighted by molar-refractivity contribution is 5.73. The lowest BCUT2D eigenvalue weighted by molar-refractivity contribution is 0.295. The Bertz CT molecular complexity index is 751. The molecule has 0 unspecified atom stereocenters. The van der Waals surface area contributed by atoms with Crippen molar-refractivity contribution in [3.05, 3.63) is 70.5 Å². The molecular formula is C15H12N2O2. The molecule has 0 bridgehead atoms. The van der Waals surface area contributed by atoms with Gasteiger partial charge in [0.1, 0.15) is 12.1 Å². The van der Waals surface area contributed by atoms with Crippen LogP contribution in [-0.2, 0) is 6.61 Å². The van der Waals surface area contributed by atoms with Crippen LogP contribution in [0.2, 0.25) is 0 Å². The van der Waals surface area contributed by atoms with Gasteiger partial charge in [-0.3, -0.25) is 9.78 Å². The monoisotopic (exact) mass is 252 g/mol. The van der Waals surface area contributed by atoms with Crippen LogP contribution in [-0.4, -0.2) is 9.97 Å². The summed E-state index contributed by atoms with van der Waals surface area (Å²) in [5, 5.41) is 0. The second-order valence-corrected chi connectivity index (χ2v) is 4.17. The van der Waals surface area contributed by atoms with Gasteiger partial charge in [-0.25, -0.2) is 0 Å². The molecule has 3 aromatic rings. The van der Waals surface area contributed by atoms with E-state index in [0.717, 1.165) is 5.56 Å². The second kappa shape index (κ2) is 4.94. The lowest BCUT2D eigenvalue weighted by atomic mass is 10.2. The molecule has 2 heterocycles. The molecule has 4 heteroatoms. The van der Waals surface area contributed by atoms with Crippen LogP contribution in [0.4, 0.5) is 0 Å². The number of hydrogen-bond donors (Lipinski definition) is 1. The molecule has 0 fully saturated rings. The Balaban J connectivity index is 1.88. The van der Waals surface area contributed by atoms with Gasteiger partial charge in [-0.2, -0.15) is 0 Å². The highest BCUT2D eigenvalue weighted by Gasteiger charge is 2.03. The first-order valence-corrected chi connectivity index (χ1v) is 5.98. The number of H-pyrrole nitrogens is 1. The van der Waals surface area contributed by atoms with Crippen molar-refractivity contribution in [1.82, 2.24) is 9.97 Å². The van der Waals surface area contributed by atoms with Crippen LogP contribution >= 0.6 is 0 Å². The molecule has 0 aliphatic carbocycles. The largest absolute Gasteiger partial charge is 0.474 e. The van der Waals surface area contributed by atoms with Crippen molar-refractivity contribution in [2.75, 3.05) is 0 Å². The third kappa shape index (κ3) is 2.47. The maximum Gasteiger partial charge on any atom is 0.211 e. The number of nitrogens with one attached hydrogen (secondary N) is 1. The first kappa shape index (κ1) is 11.5. The van der Waals surface area contributed by atoms with Gasteiger partial charge in [-0.05, 0) is 17.7 Å². The molecular weight excluding hydrogens is 240 g/mol. The van der Waals surface area contributed by atoms with Crippen molar-refractivity contribution < 1.29 is 4.74 Å². The van der Waals surface area contributed by atoms with E-state index in [1.807, 2.05) is 30.3 Å². The number of ether oxygens (including phenoxy) is 1. The summed E-state index contributed by atoms with van der Waals surface area (Å²) in [6.45, 7) is 0.419. The molecule has 1 N–H and O–H groups in total. The topological polar surface area (TPSA) is 55.0 Å². The van der Waals surface area contributed by atoms with E-state index in [1.165, 1.54) is 6.07 Å². The summed E-state index contributed by atoms with van der Waals surface area (Å²) in [7, 11) is 0. The fraction of sp³-hybridized carbons (Fsp3) is 0.0667. The molecule has 0 saturated carbocycles. The summed E-state index contributed by atoms with van der Waals surface area (Å²) >= 11 is 0. The van der Waals surface area contributed by atoms with Crippen molar-refractivity contribution in [3.63, 3.8) is 0 Å². The van der Waals surface area contributed by atoms with Crippen LogP contribution in [0.1, 0.15) is 5.56 Å². The van der Waals surface area contributed by atoms with Crippen molar-refractivity contribution in [2.24, 2.45) is 0 Å². The number of hydrogen-bond acceptors (Lipinski definition) is 3. The highest BCUT2D eigenvalue weighted by atomic mass is 16.5. The van der Waals surface area contributed by atoms with Gasteiger partial charge >= 0.3 is 0 Å². The number of pyridine rings is 2. The average Bonchev–Trinajstić information content (AvgIpc) is 2.46. The van der Waals surface area contributed by atoms with Crippen molar-refractivity contribution >= 4 is 11.0 Å². The Morgan fingerprint density at radius 1 is 1.11 bits per heavy atom. The molecule has 3 rings (SSSR count). The van der Waals surface area contributed by atoms with Gasteiger partial charge in [-0.15, -0.1) is 0 Å². The minimum atomic E-state index is -0.141. The van der Waals surface area contributed by atoms with E-state index >= 15 is 0 Å². The Morgan fingerprint density at radius 2 is 1.95 bits per heavy atom. The molecule has 2 aromatic heterocycles. The molecule has 0 aliphatic heterocycles. The molecule has 0 atom stereocenters. The molecule has 1 aromatic carbocycles. The van der Waals surface area contributed by atoms with Gasteiger partial charge in [-0.1, -0.05) is 30.3 Å². The Kier molecular flexibility index (Phi) is 2.98. The summed E-state index contributed by atoms with van der Waals surface area (Å²) in [5.41, 5.74) is 2.01. The van der Waals surface area contributed by atoms with E-state index in [1.54, 1.807) is 18.3 Å². The van der Waals surface area contributed by atoms with E-state index in [4.69, 9.17) is 4.74 Å². The van der Waals surface area contributed by atoms with Crippen LogP contribution in [0.5, 0.6) is 5.88 Å². The summed E-state index contributed by atoms with van der Waals surface area (Å²) < 4.78 is 5.60. The van der Waals surface area contributed by atoms with E-state index < -0.39 is 0 Å². The number of nitrogens with zero attached hydrogens (tertiary/aromatic N) is 1. The van der Waals surface area contributed by atoms with Gasteiger partial charge in [0, 0.05) is 12.3 Å². The van der Waals surface area contributed by atoms with Gasteiger partial charge in [0.15, 0.2) is 5.88 Å². The number of benzene rings is 1. The Labute approximate surface area is 109 Å². The van der Waals surface area contributed by atoms with Crippen molar-refractivity contribution in [2.45, 2.75) is 6.61 Å². The quantitative estimate of drug-likeness (QED) is 0.779. The van der Waals surface area contributed by atoms with Crippen LogP contribution in [0.3, 0.4) is 0 Å². The van der Waals surface area contributed by atoms with E-state index in [2.05, 4.69) is 9.97 Å². The number of rotatable bonds is 3. The molecule has 0 saturated heterocycles. The molecule has 94 valence electrons. The number of aromatic amines is 1. The SMILES string of the molecule is O=c1cc(OCc2ccccc2)[nH]c2cccnc12. The first-order valence-electron chi connectivity index (χ1n) is 5.98. The third-order valence-corrected chi connectivity index (χ3v) is 2.80. The van der Waals surface area contributed by atoms with Gasteiger partial charge in [0.25, 0.3) is 0 Å². The molecule has 0 radical (unpaired) electrons. The minimum absolute atomic E-state index is 0.141. The lowest BCUT2D eigenvalue weighted by Crippen LogP contribution is -2.06. The predicted octanol–water partition coefficient (Wildman–Crippen LogP) is 2.50. The van der Waals surface area contributed by atoms with Crippen molar-refractivity contribution in [1.29, 1.82) is 0 Å². The summed E-state index contributed by atoms with van der Waals surface area (Å²) in [5.74, 6) is 0.453. The average molecular weight is 252 g/mol. The molecule has 0 aliphatic rings. The maximum atomic E-state index is 11.8. The molecule has 19 heavy (non-hydrogen) atoms. The molecule has 0 spiro atoms. The normalized spacial score (nSPS) is 10.5. The summed E-state index contributed by atoms with van der Waals surface area (Å²) in [6.07, 6.45) is 1.60. The van der Waals surface area contributed by atoms with Gasteiger partial charge in [0.2, 0.25) is 5.43 Å². The Hall–Kier alpha value is -2.62. The van der Waals surface area contributed by atoms with Crippen LogP contribution in [0, 0.1) is 0 Å². The van der Waals surface area contributed by atoms with Crippen LogP contribution in [0.15, 0.2) is 59.5 Å². The standard InChI is InChI=1S/C15H12N2O2/c18-13-9-14(17-12-7-4-8-16-15(12)13)19-10-11-5-2-1-3-6-11/h1-9H,10H2,(H,17,18). The summed E-state index contributed by atoms with van der Waals surface area (Å²) in [6, 6.07) is 14.8. The Morgan fingerprint density at radius 3 is 2.79 bits per heavy atom. The fourth-order valence-corrected chi connectivity index (χ4v) is 1.87. The zero-order chi connectivity index (χ0) is 13.1. The van der Waals surface area contributed by atoms with E-state index in [-0.39, 0.29) is 5.43 Å². The smallest absolute Gasteiger partial charge is 0.211 e. The number of fused-ring (bicyclic) bond motifs is 1. The van der Waals surface area contributed by atoms with Gasteiger partial charge in [0.05, 0.1) is 5.52 Å². The van der Waals surface area contributed by atoms with Crippen molar-refractivity contribution in [3.8, 4) is 5.88 Å². The zero-order valence-corrected chi connectivity index (χ0v) is 10.2. The van der Waals surface area contributed by atoms with E-state index in [0.29, 0.717) is 23.5 Å². The molecule has 4 nitrogen and oxygen atoms in total. The second-order valence-electron chi connectivity index (χ2n) is 4.17. The zero-order valence-electron chi connectivity index (χ0n) is 10.2. The van der Waals surface area contributed by atoms with Crippen LogP contribution < -0.4 is 10.2 Å². The maximum absolute atomic E-state index is 11.8. The predicted molar refractivity (Wildman–Crippen MR) is 73.1 cm³/mol. The van der Waals surface area contributed by atoms with E-state index in [9.17, 15) is 4.79 Å². The molecule has 0 amide bonds. The fourth-order valence-electron chi connectivity index (χ4n) is 1.87. The minimum Gasteiger partial charge on any atom is -0.474 e. The summed E-state index contributed by atoms with van der Waals surface area (Å²) in [4.78, 5) is 18.9. The third-order valence-electron chi connectivity index (χ3n) is 2.80. The lowest BCUT2D eigenvalue weighted by Gasteiger charge is -2.06. The first-order chi connectivity index (χ1) is 9.33.